The van der Waals surface area contributed by atoms with Gasteiger partial charge >= 0.3 is 0 Å². The fraction of sp³-hybridized carbons (Fsp3) is 0.593. The molecule has 4 aliphatic carbocycles. The smallest absolute Gasteiger partial charge is 0.291 e. The molecule has 1 N–H and O–H groups in total. The Morgan fingerprint density at radius 1 is 1.12 bits per heavy atom. The van der Waals surface area contributed by atoms with Gasteiger partial charge in [0.2, 0.25) is 5.91 Å². The van der Waals surface area contributed by atoms with Crippen molar-refractivity contribution in [1.29, 1.82) is 0 Å². The van der Waals surface area contributed by atoms with Gasteiger partial charge in [-0.15, -0.1) is 0 Å². The molecule has 6 heteroatoms. The first-order chi connectivity index (χ1) is 15.9. The fourth-order valence-corrected chi connectivity index (χ4v) is 7.85. The van der Waals surface area contributed by atoms with E-state index in [-0.39, 0.29) is 17.5 Å². The van der Waals surface area contributed by atoms with Crippen molar-refractivity contribution in [3.05, 3.63) is 40.8 Å². The molecule has 4 bridgehead atoms. The van der Waals surface area contributed by atoms with Crippen LogP contribution in [0, 0.1) is 23.2 Å². The van der Waals surface area contributed by atoms with Crippen molar-refractivity contribution in [2.75, 3.05) is 0 Å². The summed E-state index contributed by atoms with van der Waals surface area (Å²) >= 11 is 0. The lowest BCUT2D eigenvalue weighted by atomic mass is 9.48. The minimum atomic E-state index is -0.0939. The van der Waals surface area contributed by atoms with Crippen LogP contribution < -0.4 is 10.9 Å². The van der Waals surface area contributed by atoms with E-state index in [2.05, 4.69) is 21.9 Å². The lowest BCUT2D eigenvalue weighted by molar-refractivity contribution is -0.126. The molecule has 1 amide bonds. The highest BCUT2D eigenvalue weighted by Gasteiger charge is 2.53. The number of carbonyl (C=O) groups is 1. The average molecular weight is 447 g/mol. The van der Waals surface area contributed by atoms with E-state index in [1.165, 1.54) is 43.2 Å². The zero-order chi connectivity index (χ0) is 22.7. The Kier molecular flexibility index (Phi) is 4.89. The van der Waals surface area contributed by atoms with Gasteiger partial charge in [-0.1, -0.05) is 18.2 Å². The Balaban J connectivity index is 1.16. The molecule has 0 spiro atoms. The lowest BCUT2D eigenvalue weighted by Gasteiger charge is -2.59. The van der Waals surface area contributed by atoms with Crippen LogP contribution in [0.4, 0.5) is 0 Å². The monoisotopic (exact) mass is 446 g/mol. The molecule has 0 saturated heterocycles. The molecule has 1 atom stereocenters. The van der Waals surface area contributed by atoms with Crippen molar-refractivity contribution in [1.82, 2.24) is 19.7 Å². The summed E-state index contributed by atoms with van der Waals surface area (Å²) in [7, 11) is 1.68. The van der Waals surface area contributed by atoms with E-state index in [4.69, 9.17) is 0 Å². The van der Waals surface area contributed by atoms with Crippen LogP contribution in [0.1, 0.15) is 58.3 Å². The highest BCUT2D eigenvalue weighted by Crippen LogP contribution is 2.61. The van der Waals surface area contributed by atoms with Crippen LogP contribution in [0.2, 0.25) is 0 Å². The van der Waals surface area contributed by atoms with Crippen LogP contribution in [0.25, 0.3) is 21.8 Å². The molecule has 2 aromatic heterocycles. The molecule has 0 radical (unpaired) electrons. The molecule has 7 rings (SSSR count). The Morgan fingerprint density at radius 3 is 2.48 bits per heavy atom. The SMILES string of the molecule is CC(NC(=O)CCCn1c2ccccc2c2cnn(C)c(=O)c21)C12CC3CC(CC(C3)C1)C2. The van der Waals surface area contributed by atoms with Crippen LogP contribution in [-0.4, -0.2) is 26.3 Å². The third-order valence-electron chi connectivity index (χ3n) is 9.03. The Hall–Kier alpha value is -2.63. The number of nitrogens with zero attached hydrogens (tertiary/aromatic N) is 3. The van der Waals surface area contributed by atoms with Crippen LogP contribution in [-0.2, 0) is 18.4 Å². The number of hydrogen-bond donors (Lipinski definition) is 1. The zero-order valence-electron chi connectivity index (χ0n) is 19.7. The number of aromatic nitrogens is 3. The summed E-state index contributed by atoms with van der Waals surface area (Å²) in [5.74, 6) is 2.82. The minimum absolute atomic E-state index is 0.0939. The summed E-state index contributed by atoms with van der Waals surface area (Å²) in [5.41, 5.74) is 1.94. The topological polar surface area (TPSA) is 68.9 Å². The number of rotatable bonds is 6. The minimum Gasteiger partial charge on any atom is -0.353 e. The lowest BCUT2D eigenvalue weighted by Crippen LogP contribution is -2.55. The predicted molar refractivity (Wildman–Crippen MR) is 130 cm³/mol. The molecule has 4 aliphatic rings. The van der Waals surface area contributed by atoms with Crippen molar-refractivity contribution in [2.24, 2.45) is 30.2 Å². The molecule has 174 valence electrons. The van der Waals surface area contributed by atoms with E-state index in [0.29, 0.717) is 30.3 Å². The van der Waals surface area contributed by atoms with E-state index in [1.54, 1.807) is 13.2 Å². The van der Waals surface area contributed by atoms with Crippen LogP contribution in [0.15, 0.2) is 35.3 Å². The quantitative estimate of drug-likeness (QED) is 0.611. The van der Waals surface area contributed by atoms with Gasteiger partial charge in [0.1, 0.15) is 5.52 Å². The molecule has 0 aliphatic heterocycles. The standard InChI is InChI=1S/C27H34N4O2/c1-17(27-13-18-10-19(14-27)12-20(11-18)15-27)29-24(32)8-5-9-31-23-7-4-3-6-21(23)22-16-28-30(2)26(33)25(22)31/h3-4,6-7,16-20H,5,8-15H2,1-2H3,(H,29,32). The molecule has 2 heterocycles. The normalized spacial score (nSPS) is 29.1. The molecular formula is C27H34N4O2. The van der Waals surface area contributed by atoms with Crippen molar-refractivity contribution in [3.63, 3.8) is 0 Å². The van der Waals surface area contributed by atoms with E-state index in [0.717, 1.165) is 34.0 Å². The molecule has 4 fully saturated rings. The predicted octanol–water partition coefficient (Wildman–Crippen LogP) is 4.39. The summed E-state index contributed by atoms with van der Waals surface area (Å²) in [5, 5.41) is 9.53. The molecule has 33 heavy (non-hydrogen) atoms. The summed E-state index contributed by atoms with van der Waals surface area (Å²) < 4.78 is 3.46. The maximum absolute atomic E-state index is 12.9. The third-order valence-corrected chi connectivity index (χ3v) is 9.03. The summed E-state index contributed by atoms with van der Waals surface area (Å²) in [6, 6.07) is 8.32. The number of amides is 1. The summed E-state index contributed by atoms with van der Waals surface area (Å²) in [4.78, 5) is 25.8. The summed E-state index contributed by atoms with van der Waals surface area (Å²) in [6.07, 6.45) is 11.1. The maximum atomic E-state index is 12.9. The molecule has 1 aromatic carbocycles. The van der Waals surface area contributed by atoms with Gasteiger partial charge in [0, 0.05) is 42.3 Å². The average Bonchev–Trinajstić information content (AvgIpc) is 3.10. The molecule has 4 saturated carbocycles. The van der Waals surface area contributed by atoms with Crippen LogP contribution in [0.3, 0.4) is 0 Å². The fourth-order valence-electron chi connectivity index (χ4n) is 7.85. The summed E-state index contributed by atoms with van der Waals surface area (Å²) in [6.45, 7) is 2.89. The van der Waals surface area contributed by atoms with E-state index >= 15 is 0 Å². The molecular weight excluding hydrogens is 412 g/mol. The van der Waals surface area contributed by atoms with Crippen molar-refractivity contribution in [3.8, 4) is 0 Å². The van der Waals surface area contributed by atoms with Gasteiger partial charge in [0.15, 0.2) is 0 Å². The third kappa shape index (κ3) is 3.41. The first kappa shape index (κ1) is 20.9. The number of benzene rings is 1. The zero-order valence-corrected chi connectivity index (χ0v) is 19.7. The van der Waals surface area contributed by atoms with Gasteiger partial charge in [0.05, 0.1) is 6.20 Å². The highest BCUT2D eigenvalue weighted by atomic mass is 16.1. The molecule has 3 aromatic rings. The second-order valence-electron chi connectivity index (χ2n) is 11.2. The molecule has 6 nitrogen and oxygen atoms in total. The number of fused-ring (bicyclic) bond motifs is 3. The Bertz CT molecular complexity index is 1250. The second kappa shape index (κ2) is 7.71. The first-order valence-corrected chi connectivity index (χ1v) is 12.7. The highest BCUT2D eigenvalue weighted by molar-refractivity contribution is 6.07. The van der Waals surface area contributed by atoms with Gasteiger partial charge in [0.25, 0.3) is 5.56 Å². The number of hydrogen-bond acceptors (Lipinski definition) is 3. The van der Waals surface area contributed by atoms with Crippen LogP contribution in [0.5, 0.6) is 0 Å². The van der Waals surface area contributed by atoms with Gasteiger partial charge in [-0.2, -0.15) is 5.10 Å². The number of carbonyl (C=O) groups excluding carboxylic acids is 1. The number of aryl methyl sites for hydroxylation is 2. The Morgan fingerprint density at radius 2 is 1.79 bits per heavy atom. The number of nitrogens with one attached hydrogen (secondary N) is 1. The van der Waals surface area contributed by atoms with Crippen molar-refractivity contribution < 1.29 is 4.79 Å². The van der Waals surface area contributed by atoms with Gasteiger partial charge in [-0.3, -0.25) is 9.59 Å². The van der Waals surface area contributed by atoms with Crippen molar-refractivity contribution in [2.45, 2.75) is 70.9 Å². The Labute approximate surface area is 194 Å². The largest absolute Gasteiger partial charge is 0.353 e. The van der Waals surface area contributed by atoms with Crippen LogP contribution >= 0.6 is 0 Å². The van der Waals surface area contributed by atoms with E-state index in [1.807, 2.05) is 24.3 Å². The second-order valence-corrected chi connectivity index (χ2v) is 11.2. The van der Waals surface area contributed by atoms with Gasteiger partial charge in [-0.25, -0.2) is 4.68 Å². The van der Waals surface area contributed by atoms with E-state index < -0.39 is 0 Å². The van der Waals surface area contributed by atoms with Crippen molar-refractivity contribution >= 4 is 27.7 Å². The maximum Gasteiger partial charge on any atom is 0.291 e. The molecule has 1 unspecified atom stereocenters. The van der Waals surface area contributed by atoms with Gasteiger partial charge in [-0.05, 0) is 81.1 Å². The van der Waals surface area contributed by atoms with Gasteiger partial charge < -0.3 is 9.88 Å². The number of para-hydroxylation sites is 1. The van der Waals surface area contributed by atoms with E-state index in [9.17, 15) is 9.59 Å². The first-order valence-electron chi connectivity index (χ1n) is 12.7.